The van der Waals surface area contributed by atoms with Gasteiger partial charge in [-0.3, -0.25) is 0 Å². The molecule has 0 fully saturated rings. The van der Waals surface area contributed by atoms with Gasteiger partial charge >= 0.3 is 0 Å². The molecule has 136 valence electrons. The lowest BCUT2D eigenvalue weighted by molar-refractivity contribution is 0.834. The predicted octanol–water partition coefficient (Wildman–Crippen LogP) is 5.36. The molecular weight excluding hydrogens is 372 g/mol. The zero-order valence-electron chi connectivity index (χ0n) is 14.9. The maximum absolute atomic E-state index is 6.41. The minimum Gasteiger partial charge on any atom is -0.341 e. The molecule has 0 aliphatic heterocycles. The number of nitrogens with two attached hydrogens (primary N) is 1. The maximum Gasteiger partial charge on any atom is 0.207 e. The van der Waals surface area contributed by atoms with Crippen LogP contribution in [-0.4, -0.2) is 10.2 Å². The summed E-state index contributed by atoms with van der Waals surface area (Å²) in [5.74, 6) is 0.886. The van der Waals surface area contributed by atoms with Crippen LogP contribution in [0.25, 0.3) is 10.8 Å². The third-order valence-electron chi connectivity index (χ3n) is 4.46. The normalized spacial score (nSPS) is 12.2. The molecule has 0 saturated carbocycles. The Bertz CT molecular complexity index is 1060. The predicted molar refractivity (Wildman–Crippen MR) is 115 cm³/mol. The van der Waals surface area contributed by atoms with Crippen LogP contribution >= 0.6 is 23.1 Å². The van der Waals surface area contributed by atoms with E-state index < -0.39 is 0 Å². The number of benzene rings is 3. The van der Waals surface area contributed by atoms with Gasteiger partial charge in [0, 0.05) is 5.75 Å². The average molecular weight is 393 g/mol. The summed E-state index contributed by atoms with van der Waals surface area (Å²) in [6, 6.07) is 22.8. The Morgan fingerprint density at radius 3 is 2.67 bits per heavy atom. The first-order chi connectivity index (χ1) is 13.2. The van der Waals surface area contributed by atoms with Crippen LogP contribution in [-0.2, 0) is 5.75 Å². The lowest BCUT2D eigenvalue weighted by Crippen LogP contribution is -2.20. The van der Waals surface area contributed by atoms with E-state index in [4.69, 9.17) is 5.73 Å². The molecule has 0 radical (unpaired) electrons. The monoisotopic (exact) mass is 392 g/mol. The van der Waals surface area contributed by atoms with Crippen LogP contribution in [0, 0.1) is 6.92 Å². The van der Waals surface area contributed by atoms with Crippen molar-refractivity contribution in [1.82, 2.24) is 10.2 Å². The number of hydrogen-bond donors (Lipinski definition) is 2. The molecule has 3 aromatic carbocycles. The van der Waals surface area contributed by atoms with Crippen LogP contribution in [0.4, 0.5) is 5.13 Å². The number of hydrogen-bond acceptors (Lipinski definition) is 6. The minimum atomic E-state index is -0.335. The molecule has 1 unspecified atom stereocenters. The van der Waals surface area contributed by atoms with Crippen molar-refractivity contribution in [2.75, 3.05) is 5.32 Å². The lowest BCUT2D eigenvalue weighted by atomic mass is 10.0. The Balaban J connectivity index is 1.45. The molecule has 1 heterocycles. The maximum atomic E-state index is 6.41. The highest BCUT2D eigenvalue weighted by Crippen LogP contribution is 2.31. The van der Waals surface area contributed by atoms with Crippen molar-refractivity contribution in [2.45, 2.75) is 23.2 Å². The van der Waals surface area contributed by atoms with Crippen molar-refractivity contribution in [1.29, 1.82) is 0 Å². The van der Waals surface area contributed by atoms with Gasteiger partial charge in [-0.25, -0.2) is 0 Å². The number of fused-ring (bicyclic) bond motifs is 1. The molecule has 4 nitrogen and oxygen atoms in total. The van der Waals surface area contributed by atoms with E-state index in [-0.39, 0.29) is 6.17 Å². The second-order valence-electron chi connectivity index (χ2n) is 6.28. The molecule has 0 spiro atoms. The lowest BCUT2D eigenvalue weighted by Gasteiger charge is -2.15. The molecule has 27 heavy (non-hydrogen) atoms. The van der Waals surface area contributed by atoms with Crippen LogP contribution < -0.4 is 11.1 Å². The van der Waals surface area contributed by atoms with E-state index >= 15 is 0 Å². The van der Waals surface area contributed by atoms with Crippen molar-refractivity contribution in [3.05, 3.63) is 83.4 Å². The largest absolute Gasteiger partial charge is 0.341 e. The Labute approximate surface area is 166 Å². The van der Waals surface area contributed by atoms with Gasteiger partial charge in [0.2, 0.25) is 5.13 Å². The summed E-state index contributed by atoms with van der Waals surface area (Å²) in [5, 5.41) is 14.9. The number of anilines is 1. The standard InChI is InChI=1S/C21H20N4S2/c1-14-7-2-3-9-16(14)13-26-21-25-24-20(27-21)23-19(22)18-12-6-10-15-8-4-5-11-17(15)18/h2-12,19H,13,22H2,1H3,(H,23,24). The molecular formula is C21H20N4S2. The Hall–Kier alpha value is -2.41. The molecule has 0 aliphatic rings. The molecule has 0 saturated heterocycles. The van der Waals surface area contributed by atoms with Crippen molar-refractivity contribution in [2.24, 2.45) is 5.73 Å². The van der Waals surface area contributed by atoms with Gasteiger partial charge < -0.3 is 11.1 Å². The fourth-order valence-corrected chi connectivity index (χ4v) is 4.84. The summed E-state index contributed by atoms with van der Waals surface area (Å²) in [5.41, 5.74) is 10.1. The van der Waals surface area contributed by atoms with Crippen LogP contribution in [0.1, 0.15) is 22.9 Å². The van der Waals surface area contributed by atoms with E-state index in [1.165, 1.54) is 27.8 Å². The average Bonchev–Trinajstić information content (AvgIpc) is 3.14. The number of aromatic nitrogens is 2. The fraction of sp³-hybridized carbons (Fsp3) is 0.143. The van der Waals surface area contributed by atoms with E-state index in [1.807, 2.05) is 18.2 Å². The molecule has 1 aromatic heterocycles. The van der Waals surface area contributed by atoms with Crippen molar-refractivity contribution in [3.63, 3.8) is 0 Å². The second kappa shape index (κ2) is 8.08. The zero-order chi connectivity index (χ0) is 18.6. The SMILES string of the molecule is Cc1ccccc1CSc1nnc(NC(N)c2cccc3ccccc23)s1. The first-order valence-electron chi connectivity index (χ1n) is 8.71. The first-order valence-corrected chi connectivity index (χ1v) is 10.5. The summed E-state index contributed by atoms with van der Waals surface area (Å²) in [6.45, 7) is 2.13. The molecule has 0 aliphatic carbocycles. The van der Waals surface area contributed by atoms with E-state index in [9.17, 15) is 0 Å². The highest BCUT2D eigenvalue weighted by Gasteiger charge is 2.13. The van der Waals surface area contributed by atoms with Crippen LogP contribution in [0.2, 0.25) is 0 Å². The fourth-order valence-electron chi connectivity index (χ4n) is 2.97. The van der Waals surface area contributed by atoms with Crippen molar-refractivity contribution < 1.29 is 0 Å². The zero-order valence-corrected chi connectivity index (χ0v) is 16.6. The smallest absolute Gasteiger partial charge is 0.207 e. The van der Waals surface area contributed by atoms with Crippen LogP contribution in [0.5, 0.6) is 0 Å². The quantitative estimate of drug-likeness (QED) is 0.341. The van der Waals surface area contributed by atoms with E-state index in [0.717, 1.165) is 26.2 Å². The molecule has 1 atom stereocenters. The van der Waals surface area contributed by atoms with Crippen molar-refractivity contribution in [3.8, 4) is 0 Å². The third kappa shape index (κ3) is 4.13. The number of nitrogens with zero attached hydrogens (tertiary/aromatic N) is 2. The summed E-state index contributed by atoms with van der Waals surface area (Å²) in [7, 11) is 0. The summed E-state index contributed by atoms with van der Waals surface area (Å²) < 4.78 is 0.936. The van der Waals surface area contributed by atoms with Gasteiger partial charge in [-0.05, 0) is 34.4 Å². The van der Waals surface area contributed by atoms with Gasteiger partial charge in [-0.2, -0.15) is 0 Å². The Kier molecular flexibility index (Phi) is 5.38. The molecule has 0 amide bonds. The summed E-state index contributed by atoms with van der Waals surface area (Å²) in [6.07, 6.45) is -0.335. The van der Waals surface area contributed by atoms with E-state index in [0.29, 0.717) is 0 Å². The first kappa shape index (κ1) is 18.0. The van der Waals surface area contributed by atoms with E-state index in [1.54, 1.807) is 11.8 Å². The van der Waals surface area contributed by atoms with Crippen LogP contribution in [0.3, 0.4) is 0 Å². The molecule has 0 bridgehead atoms. The molecule has 6 heteroatoms. The molecule has 3 N–H and O–H groups in total. The molecule has 4 rings (SSSR count). The van der Waals surface area contributed by atoms with Gasteiger partial charge in [0.25, 0.3) is 0 Å². The second-order valence-corrected chi connectivity index (χ2v) is 8.48. The van der Waals surface area contributed by atoms with E-state index in [2.05, 4.69) is 71.0 Å². The third-order valence-corrected chi connectivity index (χ3v) is 6.49. The van der Waals surface area contributed by atoms with Gasteiger partial charge in [-0.1, -0.05) is 89.8 Å². The molecule has 4 aromatic rings. The summed E-state index contributed by atoms with van der Waals surface area (Å²) in [4.78, 5) is 0. The van der Waals surface area contributed by atoms with Gasteiger partial charge in [0.15, 0.2) is 4.34 Å². The summed E-state index contributed by atoms with van der Waals surface area (Å²) >= 11 is 3.23. The van der Waals surface area contributed by atoms with Gasteiger partial charge in [0.1, 0.15) is 6.17 Å². The topological polar surface area (TPSA) is 63.8 Å². The van der Waals surface area contributed by atoms with Gasteiger partial charge in [-0.15, -0.1) is 10.2 Å². The number of nitrogens with one attached hydrogen (secondary N) is 1. The number of rotatable bonds is 6. The highest BCUT2D eigenvalue weighted by atomic mass is 32.2. The highest BCUT2D eigenvalue weighted by molar-refractivity contribution is 8.00. The Morgan fingerprint density at radius 1 is 1.00 bits per heavy atom. The minimum absolute atomic E-state index is 0.335. The van der Waals surface area contributed by atoms with Crippen molar-refractivity contribution >= 4 is 39.0 Å². The number of thioether (sulfide) groups is 1. The Morgan fingerprint density at radius 2 is 1.78 bits per heavy atom. The van der Waals surface area contributed by atoms with Crippen LogP contribution in [0.15, 0.2) is 71.1 Å². The number of aryl methyl sites for hydroxylation is 1. The van der Waals surface area contributed by atoms with Gasteiger partial charge in [0.05, 0.1) is 0 Å².